The molecule has 1 amide bonds. The summed E-state index contributed by atoms with van der Waals surface area (Å²) in [7, 11) is 1.54. The maximum Gasteiger partial charge on any atom is 0.274 e. The first-order valence-electron chi connectivity index (χ1n) is 8.30. The Morgan fingerprint density at radius 1 is 1.12 bits per heavy atom. The fraction of sp³-hybridized carbons (Fsp3) is 0.150. The van der Waals surface area contributed by atoms with Gasteiger partial charge in [0, 0.05) is 17.8 Å². The van der Waals surface area contributed by atoms with E-state index in [0.717, 1.165) is 11.0 Å². The molecule has 26 heavy (non-hydrogen) atoms. The fourth-order valence-corrected chi connectivity index (χ4v) is 3.02. The van der Waals surface area contributed by atoms with Crippen LogP contribution in [0.4, 0.5) is 0 Å². The SMILES string of the molecule is CC(NC(=O)c1nn(C)c(=O)c2ccccc12)c1cc2ccccc2o1. The molecule has 0 aliphatic rings. The van der Waals surface area contributed by atoms with Gasteiger partial charge in [0.05, 0.1) is 11.4 Å². The van der Waals surface area contributed by atoms with Gasteiger partial charge in [-0.1, -0.05) is 36.4 Å². The van der Waals surface area contributed by atoms with E-state index in [4.69, 9.17) is 4.42 Å². The predicted molar refractivity (Wildman–Crippen MR) is 99.1 cm³/mol. The van der Waals surface area contributed by atoms with Crippen LogP contribution >= 0.6 is 0 Å². The molecule has 0 saturated heterocycles. The zero-order valence-corrected chi connectivity index (χ0v) is 14.4. The summed E-state index contributed by atoms with van der Waals surface area (Å²) in [6, 6.07) is 16.2. The second kappa shape index (κ2) is 6.15. The average Bonchev–Trinajstić information content (AvgIpc) is 3.09. The average molecular weight is 347 g/mol. The molecule has 0 aliphatic carbocycles. The molecule has 1 atom stereocenters. The minimum Gasteiger partial charge on any atom is -0.459 e. The Labute approximate surface area is 149 Å². The van der Waals surface area contributed by atoms with Crippen LogP contribution in [0, 0.1) is 0 Å². The van der Waals surface area contributed by atoms with Crippen molar-refractivity contribution in [1.29, 1.82) is 0 Å². The van der Waals surface area contributed by atoms with E-state index in [1.165, 1.54) is 11.7 Å². The van der Waals surface area contributed by atoms with E-state index in [0.29, 0.717) is 16.5 Å². The number of carbonyl (C=O) groups excluding carboxylic acids is 1. The van der Waals surface area contributed by atoms with Gasteiger partial charge in [-0.3, -0.25) is 9.59 Å². The van der Waals surface area contributed by atoms with E-state index in [2.05, 4.69) is 10.4 Å². The molecule has 6 heteroatoms. The van der Waals surface area contributed by atoms with Gasteiger partial charge in [0.25, 0.3) is 11.5 Å². The van der Waals surface area contributed by atoms with Crippen LogP contribution in [0.3, 0.4) is 0 Å². The van der Waals surface area contributed by atoms with Crippen LogP contribution in [-0.2, 0) is 7.05 Å². The topological polar surface area (TPSA) is 77.1 Å². The maximum atomic E-state index is 12.8. The molecule has 1 unspecified atom stereocenters. The summed E-state index contributed by atoms with van der Waals surface area (Å²) in [4.78, 5) is 25.0. The predicted octanol–water partition coefficient (Wildman–Crippen LogP) is 3.17. The highest BCUT2D eigenvalue weighted by molar-refractivity contribution is 6.04. The summed E-state index contributed by atoms with van der Waals surface area (Å²) in [5.41, 5.74) is 0.752. The number of aromatic nitrogens is 2. The van der Waals surface area contributed by atoms with E-state index in [9.17, 15) is 9.59 Å². The van der Waals surface area contributed by atoms with Crippen LogP contribution in [0.25, 0.3) is 21.7 Å². The first-order valence-corrected chi connectivity index (χ1v) is 8.30. The molecule has 1 N–H and O–H groups in total. The first-order chi connectivity index (χ1) is 12.5. The van der Waals surface area contributed by atoms with Gasteiger partial charge in [0.2, 0.25) is 0 Å². The van der Waals surface area contributed by atoms with Crippen molar-refractivity contribution in [2.75, 3.05) is 0 Å². The molecule has 6 nitrogen and oxygen atoms in total. The molecule has 0 saturated carbocycles. The second-order valence-electron chi connectivity index (χ2n) is 6.20. The number of nitrogens with zero attached hydrogens (tertiary/aromatic N) is 2. The number of furan rings is 1. The summed E-state index contributed by atoms with van der Waals surface area (Å²) in [6.07, 6.45) is 0. The van der Waals surface area contributed by atoms with Crippen LogP contribution in [-0.4, -0.2) is 15.7 Å². The molecule has 0 fully saturated rings. The van der Waals surface area contributed by atoms with Gasteiger partial charge in [-0.05, 0) is 25.1 Å². The minimum absolute atomic E-state index is 0.214. The highest BCUT2D eigenvalue weighted by atomic mass is 16.3. The molecule has 4 rings (SSSR count). The number of nitrogens with one attached hydrogen (secondary N) is 1. The number of aryl methyl sites for hydroxylation is 1. The third-order valence-electron chi connectivity index (χ3n) is 4.39. The van der Waals surface area contributed by atoms with Crippen molar-refractivity contribution in [3.63, 3.8) is 0 Å². The van der Waals surface area contributed by atoms with Gasteiger partial charge in [0.1, 0.15) is 11.3 Å². The Balaban J connectivity index is 1.69. The summed E-state index contributed by atoms with van der Waals surface area (Å²) in [5.74, 6) is 0.304. The lowest BCUT2D eigenvalue weighted by Crippen LogP contribution is -2.31. The van der Waals surface area contributed by atoms with Crippen molar-refractivity contribution in [1.82, 2.24) is 15.1 Å². The highest BCUT2D eigenvalue weighted by Crippen LogP contribution is 2.24. The van der Waals surface area contributed by atoms with E-state index >= 15 is 0 Å². The van der Waals surface area contributed by atoms with E-state index in [1.54, 1.807) is 24.3 Å². The van der Waals surface area contributed by atoms with Gasteiger partial charge in [-0.25, -0.2) is 4.68 Å². The number of benzene rings is 2. The first kappa shape index (κ1) is 16.1. The van der Waals surface area contributed by atoms with E-state index < -0.39 is 0 Å². The fourth-order valence-electron chi connectivity index (χ4n) is 3.02. The molecule has 2 aromatic heterocycles. The number of hydrogen-bond donors (Lipinski definition) is 1. The number of amides is 1. The van der Waals surface area contributed by atoms with E-state index in [1.807, 2.05) is 37.3 Å². The van der Waals surface area contributed by atoms with Crippen LogP contribution in [0.15, 0.2) is 63.8 Å². The van der Waals surface area contributed by atoms with Crippen molar-refractivity contribution in [3.8, 4) is 0 Å². The standard InChI is InChI=1S/C20H17N3O3/c1-12(17-11-13-7-3-6-10-16(13)26-17)21-19(24)18-14-8-4-5-9-15(14)20(25)23(2)22-18/h3-12H,1-2H3,(H,21,24). The Morgan fingerprint density at radius 3 is 2.58 bits per heavy atom. The molecule has 0 aliphatic heterocycles. The molecule has 2 aromatic carbocycles. The minimum atomic E-state index is -0.357. The number of para-hydroxylation sites is 1. The zero-order valence-electron chi connectivity index (χ0n) is 14.4. The van der Waals surface area contributed by atoms with Gasteiger partial charge < -0.3 is 9.73 Å². The third-order valence-corrected chi connectivity index (χ3v) is 4.39. The van der Waals surface area contributed by atoms with Crippen LogP contribution in [0.5, 0.6) is 0 Å². The van der Waals surface area contributed by atoms with Gasteiger partial charge >= 0.3 is 0 Å². The molecule has 4 aromatic rings. The van der Waals surface area contributed by atoms with Crippen molar-refractivity contribution < 1.29 is 9.21 Å². The molecule has 0 spiro atoms. The summed E-state index contributed by atoms with van der Waals surface area (Å²) >= 11 is 0. The quantitative estimate of drug-likeness (QED) is 0.617. The monoisotopic (exact) mass is 347 g/mol. The number of rotatable bonds is 3. The van der Waals surface area contributed by atoms with Crippen LogP contribution < -0.4 is 10.9 Å². The Bertz CT molecular complexity index is 1160. The maximum absolute atomic E-state index is 12.8. The number of fused-ring (bicyclic) bond motifs is 2. The van der Waals surface area contributed by atoms with Crippen molar-refractivity contribution in [3.05, 3.63) is 76.4 Å². The molecular formula is C20H17N3O3. The van der Waals surface area contributed by atoms with Crippen molar-refractivity contribution in [2.24, 2.45) is 7.05 Å². The lowest BCUT2D eigenvalue weighted by molar-refractivity contribution is 0.0930. The molecule has 130 valence electrons. The number of carbonyl (C=O) groups is 1. The van der Waals surface area contributed by atoms with Crippen molar-refractivity contribution >= 4 is 27.6 Å². The summed E-state index contributed by atoms with van der Waals surface area (Å²) in [6.45, 7) is 1.85. The Kier molecular flexibility index (Phi) is 3.80. The zero-order chi connectivity index (χ0) is 18.3. The molecule has 0 bridgehead atoms. The molecule has 0 radical (unpaired) electrons. The van der Waals surface area contributed by atoms with Crippen molar-refractivity contribution in [2.45, 2.75) is 13.0 Å². The van der Waals surface area contributed by atoms with Crippen LogP contribution in [0.2, 0.25) is 0 Å². The number of hydrogen-bond acceptors (Lipinski definition) is 4. The largest absolute Gasteiger partial charge is 0.459 e. The van der Waals surface area contributed by atoms with E-state index in [-0.39, 0.29) is 23.2 Å². The normalized spacial score (nSPS) is 12.4. The molecular weight excluding hydrogens is 330 g/mol. The summed E-state index contributed by atoms with van der Waals surface area (Å²) in [5, 5.41) is 9.03. The van der Waals surface area contributed by atoms with Gasteiger partial charge in [0.15, 0.2) is 5.69 Å². The third kappa shape index (κ3) is 2.65. The van der Waals surface area contributed by atoms with Gasteiger partial charge in [-0.15, -0.1) is 0 Å². The van der Waals surface area contributed by atoms with Gasteiger partial charge in [-0.2, -0.15) is 5.10 Å². The Morgan fingerprint density at radius 2 is 1.81 bits per heavy atom. The highest BCUT2D eigenvalue weighted by Gasteiger charge is 2.19. The molecule has 2 heterocycles. The second-order valence-corrected chi connectivity index (χ2v) is 6.20. The lowest BCUT2D eigenvalue weighted by Gasteiger charge is -2.13. The smallest absolute Gasteiger partial charge is 0.274 e. The lowest BCUT2D eigenvalue weighted by atomic mass is 10.1. The Hall–Kier alpha value is -3.41. The summed E-state index contributed by atoms with van der Waals surface area (Å²) < 4.78 is 6.99. The van der Waals surface area contributed by atoms with Crippen LogP contribution in [0.1, 0.15) is 29.2 Å².